The Balaban J connectivity index is 1.97. The van der Waals surface area contributed by atoms with Crippen molar-refractivity contribution in [3.63, 3.8) is 0 Å². The smallest absolute Gasteiger partial charge is 0.467 e. The number of sulfone groups is 1. The van der Waals surface area contributed by atoms with Crippen molar-refractivity contribution >= 4 is 21.2 Å². The molecule has 1 fully saturated rings. The summed E-state index contributed by atoms with van der Waals surface area (Å²) in [6.07, 6.45) is 0.920. The number of nitro benzene ring substituents is 1. The van der Waals surface area contributed by atoms with Crippen molar-refractivity contribution in [2.24, 2.45) is 0 Å². The second-order valence-electron chi connectivity index (χ2n) is 5.68. The van der Waals surface area contributed by atoms with Crippen LogP contribution in [0, 0.1) is 10.1 Å². The summed E-state index contributed by atoms with van der Waals surface area (Å²) in [7, 11) is -5.69. The molecular formula is C15H13F3N2O6S. The molecule has 1 aliphatic rings. The summed E-state index contributed by atoms with van der Waals surface area (Å²) >= 11 is 0. The van der Waals surface area contributed by atoms with E-state index < -0.39 is 37.0 Å². The lowest BCUT2D eigenvalue weighted by Gasteiger charge is -2.33. The van der Waals surface area contributed by atoms with Crippen LogP contribution >= 0.6 is 0 Å². The number of alkyl halides is 3. The van der Waals surface area contributed by atoms with Crippen molar-refractivity contribution < 1.29 is 35.7 Å². The molecule has 0 bridgehead atoms. The van der Waals surface area contributed by atoms with Gasteiger partial charge in [0.1, 0.15) is 17.6 Å². The first-order valence-corrected chi connectivity index (χ1v) is 9.09. The molecule has 1 atom stereocenters. The zero-order chi connectivity index (χ0) is 19.8. The van der Waals surface area contributed by atoms with Crippen LogP contribution in [0.4, 0.5) is 24.5 Å². The van der Waals surface area contributed by atoms with E-state index in [-0.39, 0.29) is 25.4 Å². The SMILES string of the molecule is O=[N+]([O-])c1cc(S(=O)(=O)C(F)(F)F)ccc1N1CCOC(c2ccco2)C1. The first-order valence-electron chi connectivity index (χ1n) is 7.61. The van der Waals surface area contributed by atoms with Gasteiger partial charge in [0.25, 0.3) is 15.5 Å². The summed E-state index contributed by atoms with van der Waals surface area (Å²) in [6.45, 7) is 0.592. The van der Waals surface area contributed by atoms with Gasteiger partial charge < -0.3 is 14.1 Å². The molecule has 0 amide bonds. The van der Waals surface area contributed by atoms with Gasteiger partial charge in [-0.05, 0) is 24.3 Å². The number of benzene rings is 1. The molecule has 8 nitrogen and oxygen atoms in total. The van der Waals surface area contributed by atoms with Crippen molar-refractivity contribution in [1.82, 2.24) is 0 Å². The molecule has 2 aromatic rings. The van der Waals surface area contributed by atoms with Gasteiger partial charge in [-0.1, -0.05) is 0 Å². The number of furan rings is 1. The van der Waals surface area contributed by atoms with E-state index in [1.54, 1.807) is 17.0 Å². The van der Waals surface area contributed by atoms with Crippen LogP contribution in [0.1, 0.15) is 11.9 Å². The maximum Gasteiger partial charge on any atom is 0.501 e. The first-order chi connectivity index (χ1) is 12.6. The van der Waals surface area contributed by atoms with E-state index in [1.165, 1.54) is 6.26 Å². The lowest BCUT2D eigenvalue weighted by Crippen LogP contribution is -2.38. The highest BCUT2D eigenvalue weighted by molar-refractivity contribution is 7.92. The average molecular weight is 406 g/mol. The third-order valence-corrected chi connectivity index (χ3v) is 5.51. The van der Waals surface area contributed by atoms with Crippen molar-refractivity contribution in [1.29, 1.82) is 0 Å². The van der Waals surface area contributed by atoms with Gasteiger partial charge in [-0.2, -0.15) is 13.2 Å². The zero-order valence-electron chi connectivity index (χ0n) is 13.5. The van der Waals surface area contributed by atoms with Crippen molar-refractivity contribution in [2.75, 3.05) is 24.6 Å². The minimum absolute atomic E-state index is 0.000908. The van der Waals surface area contributed by atoms with E-state index in [2.05, 4.69) is 0 Å². The van der Waals surface area contributed by atoms with Crippen LogP contribution < -0.4 is 4.90 Å². The number of anilines is 1. The van der Waals surface area contributed by atoms with E-state index >= 15 is 0 Å². The highest BCUT2D eigenvalue weighted by atomic mass is 32.2. The number of hydrogen-bond acceptors (Lipinski definition) is 7. The molecule has 12 heteroatoms. The molecule has 0 spiro atoms. The number of nitro groups is 1. The molecule has 0 N–H and O–H groups in total. The van der Waals surface area contributed by atoms with Crippen molar-refractivity contribution in [2.45, 2.75) is 16.5 Å². The van der Waals surface area contributed by atoms with E-state index in [9.17, 15) is 31.7 Å². The fourth-order valence-corrected chi connectivity index (χ4v) is 3.51. The van der Waals surface area contributed by atoms with Gasteiger partial charge in [-0.15, -0.1) is 0 Å². The van der Waals surface area contributed by atoms with Crippen LogP contribution in [0.3, 0.4) is 0 Å². The van der Waals surface area contributed by atoms with E-state index in [4.69, 9.17) is 9.15 Å². The molecule has 1 aliphatic heterocycles. The summed E-state index contributed by atoms with van der Waals surface area (Å²) in [5, 5.41) is 11.4. The maximum absolute atomic E-state index is 12.7. The lowest BCUT2D eigenvalue weighted by molar-refractivity contribution is -0.384. The Hall–Kier alpha value is -2.60. The molecule has 1 aromatic heterocycles. The molecule has 0 saturated carbocycles. The van der Waals surface area contributed by atoms with Gasteiger partial charge in [-0.3, -0.25) is 10.1 Å². The predicted octanol–water partition coefficient (Wildman–Crippen LogP) is 3.06. The standard InChI is InChI=1S/C15H13F3N2O6S/c16-15(17,18)27(23,24)10-3-4-11(12(8-10)20(21)22)19-5-7-26-14(9-19)13-2-1-6-25-13/h1-4,6,8,14H,5,7,9H2. The van der Waals surface area contributed by atoms with Crippen LogP contribution in [0.2, 0.25) is 0 Å². The summed E-state index contributed by atoms with van der Waals surface area (Å²) in [5.74, 6) is 0.499. The van der Waals surface area contributed by atoms with E-state index in [1.807, 2.05) is 0 Å². The summed E-state index contributed by atoms with van der Waals surface area (Å²) in [5.41, 5.74) is -6.28. The molecule has 146 valence electrons. The normalized spacial score (nSPS) is 18.5. The Bertz CT molecular complexity index is 943. The second-order valence-corrected chi connectivity index (χ2v) is 7.62. The van der Waals surface area contributed by atoms with Gasteiger partial charge in [0.05, 0.1) is 29.2 Å². The number of rotatable bonds is 4. The Kier molecular flexibility index (Phi) is 4.86. The second kappa shape index (κ2) is 6.85. The fraction of sp³-hybridized carbons (Fsp3) is 0.333. The first kappa shape index (κ1) is 19.2. The Morgan fingerprint density at radius 2 is 2.00 bits per heavy atom. The lowest BCUT2D eigenvalue weighted by atomic mass is 10.1. The van der Waals surface area contributed by atoms with Gasteiger partial charge >= 0.3 is 5.51 Å². The van der Waals surface area contributed by atoms with Gasteiger partial charge in [0.2, 0.25) is 0 Å². The monoisotopic (exact) mass is 406 g/mol. The maximum atomic E-state index is 12.7. The Morgan fingerprint density at radius 3 is 2.59 bits per heavy atom. The molecule has 1 aromatic carbocycles. The fourth-order valence-electron chi connectivity index (χ4n) is 2.73. The molecule has 27 heavy (non-hydrogen) atoms. The number of morpholine rings is 1. The predicted molar refractivity (Wildman–Crippen MR) is 86.0 cm³/mol. The third-order valence-electron chi connectivity index (χ3n) is 4.03. The number of ether oxygens (including phenoxy) is 1. The Labute approximate surface area is 151 Å². The number of hydrogen-bond donors (Lipinski definition) is 0. The Morgan fingerprint density at radius 1 is 1.26 bits per heavy atom. The number of nitrogens with zero attached hydrogens (tertiary/aromatic N) is 2. The van der Waals surface area contributed by atoms with Gasteiger partial charge in [0, 0.05) is 12.6 Å². The van der Waals surface area contributed by atoms with Gasteiger partial charge in [-0.25, -0.2) is 8.42 Å². The molecule has 1 unspecified atom stereocenters. The third kappa shape index (κ3) is 3.62. The van der Waals surface area contributed by atoms with Crippen molar-refractivity contribution in [3.8, 4) is 0 Å². The van der Waals surface area contributed by atoms with Crippen LogP contribution in [0.5, 0.6) is 0 Å². The van der Waals surface area contributed by atoms with E-state index in [0.29, 0.717) is 17.9 Å². The highest BCUT2D eigenvalue weighted by Crippen LogP contribution is 2.37. The summed E-state index contributed by atoms with van der Waals surface area (Å²) in [4.78, 5) is 10.8. The molecular weight excluding hydrogens is 393 g/mol. The summed E-state index contributed by atoms with van der Waals surface area (Å²) < 4.78 is 72.0. The van der Waals surface area contributed by atoms with Crippen molar-refractivity contribution in [3.05, 3.63) is 52.5 Å². The largest absolute Gasteiger partial charge is 0.501 e. The topological polar surface area (TPSA) is 103 Å². The van der Waals surface area contributed by atoms with Gasteiger partial charge in [0.15, 0.2) is 0 Å². The van der Waals surface area contributed by atoms with Crippen LogP contribution in [-0.4, -0.2) is 38.5 Å². The van der Waals surface area contributed by atoms with Crippen LogP contribution in [-0.2, 0) is 14.6 Å². The zero-order valence-corrected chi connectivity index (χ0v) is 14.4. The molecule has 0 radical (unpaired) electrons. The van der Waals surface area contributed by atoms with Crippen LogP contribution in [0.25, 0.3) is 0 Å². The minimum Gasteiger partial charge on any atom is -0.467 e. The average Bonchev–Trinajstić information content (AvgIpc) is 3.15. The molecule has 3 rings (SSSR count). The molecule has 0 aliphatic carbocycles. The van der Waals surface area contributed by atoms with E-state index in [0.717, 1.165) is 6.07 Å². The molecule has 2 heterocycles. The quantitative estimate of drug-likeness (QED) is 0.568. The molecule has 1 saturated heterocycles. The minimum atomic E-state index is -5.69. The highest BCUT2D eigenvalue weighted by Gasteiger charge is 2.47. The summed E-state index contributed by atoms with van der Waals surface area (Å²) in [6, 6.07) is 5.46. The van der Waals surface area contributed by atoms with Crippen LogP contribution in [0.15, 0.2) is 45.9 Å². The number of halogens is 3.